The first-order chi connectivity index (χ1) is 7.74. The topological polar surface area (TPSA) is 55.4 Å². The summed E-state index contributed by atoms with van der Waals surface area (Å²) in [6, 6.07) is 0. The summed E-state index contributed by atoms with van der Waals surface area (Å²) in [4.78, 5) is 22.7. The van der Waals surface area contributed by atoms with Gasteiger partial charge < -0.3 is 10.1 Å². The molecule has 0 bridgehead atoms. The van der Waals surface area contributed by atoms with E-state index in [-0.39, 0.29) is 24.2 Å². The molecule has 1 aliphatic rings. The predicted molar refractivity (Wildman–Crippen MR) is 60.7 cm³/mol. The fourth-order valence-electron chi connectivity index (χ4n) is 1.70. The van der Waals surface area contributed by atoms with E-state index >= 15 is 0 Å². The van der Waals surface area contributed by atoms with Crippen LogP contribution in [0.1, 0.15) is 32.6 Å². The Kier molecular flexibility index (Phi) is 5.61. The second-order valence-electron chi connectivity index (χ2n) is 3.83. The van der Waals surface area contributed by atoms with Gasteiger partial charge in [-0.3, -0.25) is 9.59 Å². The Bertz CT molecular complexity index is 273. The van der Waals surface area contributed by atoms with Gasteiger partial charge in [-0.15, -0.1) is 0 Å². The number of carbonyl (C=O) groups excluding carboxylic acids is 2. The van der Waals surface area contributed by atoms with Crippen molar-refractivity contribution in [1.82, 2.24) is 5.32 Å². The average molecular weight is 225 g/mol. The minimum absolute atomic E-state index is 0.0497. The molecule has 0 saturated heterocycles. The van der Waals surface area contributed by atoms with E-state index in [4.69, 9.17) is 4.74 Å². The number of allylic oxidation sites excluding steroid dienone is 2. The van der Waals surface area contributed by atoms with Gasteiger partial charge in [-0.05, 0) is 26.2 Å². The van der Waals surface area contributed by atoms with Gasteiger partial charge in [0.25, 0.3) is 0 Å². The van der Waals surface area contributed by atoms with Crippen molar-refractivity contribution in [2.24, 2.45) is 5.92 Å². The third kappa shape index (κ3) is 4.47. The predicted octanol–water partition coefficient (Wildman–Crippen LogP) is 1.41. The van der Waals surface area contributed by atoms with Crippen LogP contribution in [-0.4, -0.2) is 25.0 Å². The van der Waals surface area contributed by atoms with E-state index in [1.165, 1.54) is 0 Å². The Morgan fingerprint density at radius 2 is 2.25 bits per heavy atom. The SMILES string of the molecule is CCOC(=O)CCNC(=O)C1CC=CCC1. The second-order valence-corrected chi connectivity index (χ2v) is 3.83. The first-order valence-corrected chi connectivity index (χ1v) is 5.82. The fourth-order valence-corrected chi connectivity index (χ4v) is 1.70. The Morgan fingerprint density at radius 1 is 1.44 bits per heavy atom. The molecule has 0 radical (unpaired) electrons. The van der Waals surface area contributed by atoms with Gasteiger partial charge in [-0.25, -0.2) is 0 Å². The summed E-state index contributed by atoms with van der Waals surface area (Å²) < 4.78 is 4.77. The number of hydrogen-bond acceptors (Lipinski definition) is 3. The van der Waals surface area contributed by atoms with Crippen LogP contribution in [0.25, 0.3) is 0 Å². The van der Waals surface area contributed by atoms with Gasteiger partial charge in [0.2, 0.25) is 5.91 Å². The van der Waals surface area contributed by atoms with Gasteiger partial charge in [-0.1, -0.05) is 12.2 Å². The normalized spacial score (nSPS) is 19.2. The Morgan fingerprint density at radius 3 is 2.88 bits per heavy atom. The lowest BCUT2D eigenvalue weighted by molar-refractivity contribution is -0.143. The van der Waals surface area contributed by atoms with Gasteiger partial charge in [0, 0.05) is 12.5 Å². The second kappa shape index (κ2) is 7.04. The van der Waals surface area contributed by atoms with E-state index in [1.807, 2.05) is 6.08 Å². The van der Waals surface area contributed by atoms with Crippen molar-refractivity contribution in [2.45, 2.75) is 32.6 Å². The van der Waals surface area contributed by atoms with Crippen molar-refractivity contribution in [3.05, 3.63) is 12.2 Å². The first kappa shape index (κ1) is 12.7. The molecule has 16 heavy (non-hydrogen) atoms. The number of rotatable bonds is 5. The number of hydrogen-bond donors (Lipinski definition) is 1. The van der Waals surface area contributed by atoms with Gasteiger partial charge in [0.05, 0.1) is 13.0 Å². The van der Waals surface area contributed by atoms with Gasteiger partial charge in [-0.2, -0.15) is 0 Å². The number of ether oxygens (including phenoxy) is 1. The van der Waals surface area contributed by atoms with E-state index in [2.05, 4.69) is 11.4 Å². The summed E-state index contributed by atoms with van der Waals surface area (Å²) in [6.45, 7) is 2.53. The standard InChI is InChI=1S/C12H19NO3/c1-2-16-11(14)8-9-13-12(15)10-6-4-3-5-7-10/h3-4,10H,2,5-9H2,1H3,(H,13,15). The van der Waals surface area contributed by atoms with Gasteiger partial charge in [0.1, 0.15) is 0 Å². The van der Waals surface area contributed by atoms with Crippen LogP contribution in [-0.2, 0) is 14.3 Å². The maximum atomic E-state index is 11.6. The maximum Gasteiger partial charge on any atom is 0.307 e. The highest BCUT2D eigenvalue weighted by molar-refractivity contribution is 5.79. The minimum Gasteiger partial charge on any atom is -0.466 e. The van der Waals surface area contributed by atoms with E-state index in [1.54, 1.807) is 6.92 Å². The fraction of sp³-hybridized carbons (Fsp3) is 0.667. The molecule has 0 saturated carbocycles. The molecule has 0 fully saturated rings. The molecule has 0 heterocycles. The van der Waals surface area contributed by atoms with Crippen LogP contribution in [0.15, 0.2) is 12.2 Å². The molecule has 1 aliphatic carbocycles. The molecule has 4 nitrogen and oxygen atoms in total. The van der Waals surface area contributed by atoms with Gasteiger partial charge >= 0.3 is 5.97 Å². The average Bonchev–Trinajstić information content (AvgIpc) is 2.30. The number of amides is 1. The van der Waals surface area contributed by atoms with Crippen LogP contribution < -0.4 is 5.32 Å². The van der Waals surface area contributed by atoms with E-state index in [9.17, 15) is 9.59 Å². The van der Waals surface area contributed by atoms with Crippen LogP contribution in [0.4, 0.5) is 0 Å². The largest absolute Gasteiger partial charge is 0.466 e. The van der Waals surface area contributed by atoms with Crippen molar-refractivity contribution in [3.63, 3.8) is 0 Å². The van der Waals surface area contributed by atoms with Crippen molar-refractivity contribution >= 4 is 11.9 Å². The Balaban J connectivity index is 2.15. The Hall–Kier alpha value is -1.32. The Labute approximate surface area is 96.0 Å². The molecule has 1 unspecified atom stereocenters. The molecular weight excluding hydrogens is 206 g/mol. The summed E-state index contributed by atoms with van der Waals surface area (Å²) in [5, 5.41) is 2.77. The van der Waals surface area contributed by atoms with Crippen molar-refractivity contribution < 1.29 is 14.3 Å². The summed E-state index contributed by atoms with van der Waals surface area (Å²) in [6.07, 6.45) is 7.08. The zero-order chi connectivity index (χ0) is 11.8. The smallest absolute Gasteiger partial charge is 0.307 e. The molecule has 0 aromatic heterocycles. The van der Waals surface area contributed by atoms with Crippen molar-refractivity contribution in [1.29, 1.82) is 0 Å². The maximum absolute atomic E-state index is 11.6. The third-order valence-corrected chi connectivity index (χ3v) is 2.57. The molecule has 1 N–H and O–H groups in total. The van der Waals surface area contributed by atoms with E-state index in [0.717, 1.165) is 19.3 Å². The monoisotopic (exact) mass is 225 g/mol. The number of esters is 1. The molecule has 1 amide bonds. The third-order valence-electron chi connectivity index (χ3n) is 2.57. The highest BCUT2D eigenvalue weighted by atomic mass is 16.5. The molecule has 1 rings (SSSR count). The van der Waals surface area contributed by atoms with Crippen molar-refractivity contribution in [3.8, 4) is 0 Å². The van der Waals surface area contributed by atoms with Crippen molar-refractivity contribution in [2.75, 3.05) is 13.2 Å². The molecular formula is C12H19NO3. The summed E-state index contributed by atoms with van der Waals surface area (Å²) >= 11 is 0. The van der Waals surface area contributed by atoms with Crippen LogP contribution in [0.2, 0.25) is 0 Å². The lowest BCUT2D eigenvalue weighted by Crippen LogP contribution is -2.32. The summed E-state index contributed by atoms with van der Waals surface area (Å²) in [7, 11) is 0. The number of carbonyl (C=O) groups is 2. The molecule has 0 spiro atoms. The van der Waals surface area contributed by atoms with E-state index in [0.29, 0.717) is 13.2 Å². The van der Waals surface area contributed by atoms with E-state index < -0.39 is 0 Å². The summed E-state index contributed by atoms with van der Waals surface area (Å²) in [5.41, 5.74) is 0. The van der Waals surface area contributed by atoms with Crippen LogP contribution in [0.5, 0.6) is 0 Å². The molecule has 0 aliphatic heterocycles. The van der Waals surface area contributed by atoms with Crippen LogP contribution >= 0.6 is 0 Å². The lowest BCUT2D eigenvalue weighted by atomic mass is 9.94. The number of nitrogens with one attached hydrogen (secondary N) is 1. The zero-order valence-corrected chi connectivity index (χ0v) is 9.70. The highest BCUT2D eigenvalue weighted by Crippen LogP contribution is 2.17. The quantitative estimate of drug-likeness (QED) is 0.568. The summed E-state index contributed by atoms with van der Waals surface area (Å²) in [5.74, 6) is -0.132. The highest BCUT2D eigenvalue weighted by Gasteiger charge is 2.18. The molecule has 1 atom stereocenters. The molecule has 0 aromatic carbocycles. The van der Waals surface area contributed by atoms with Crippen LogP contribution in [0.3, 0.4) is 0 Å². The zero-order valence-electron chi connectivity index (χ0n) is 9.70. The molecule has 90 valence electrons. The lowest BCUT2D eigenvalue weighted by Gasteiger charge is -2.16. The minimum atomic E-state index is -0.258. The van der Waals surface area contributed by atoms with Gasteiger partial charge in [0.15, 0.2) is 0 Å². The molecule has 4 heteroatoms. The van der Waals surface area contributed by atoms with Crippen LogP contribution in [0, 0.1) is 5.92 Å². The first-order valence-electron chi connectivity index (χ1n) is 5.82. The molecule has 0 aromatic rings.